The molecule has 0 saturated heterocycles. The number of para-hydroxylation sites is 1. The summed E-state index contributed by atoms with van der Waals surface area (Å²) in [4.78, 5) is 0. The molecule has 1 aromatic heterocycles. The van der Waals surface area contributed by atoms with Crippen molar-refractivity contribution in [2.75, 3.05) is 0 Å². The van der Waals surface area contributed by atoms with Crippen LogP contribution >= 0.6 is 11.6 Å². The Hall–Kier alpha value is -1.79. The van der Waals surface area contributed by atoms with Crippen molar-refractivity contribution in [2.45, 2.75) is 6.92 Å². The average molecular weight is 218 g/mol. The van der Waals surface area contributed by atoms with E-state index in [4.69, 9.17) is 16.9 Å². The minimum absolute atomic E-state index is 0.558. The van der Waals surface area contributed by atoms with Gasteiger partial charge in [-0.3, -0.25) is 0 Å². The van der Waals surface area contributed by atoms with E-state index in [0.29, 0.717) is 10.6 Å². The summed E-state index contributed by atoms with van der Waals surface area (Å²) in [6.45, 7) is 1.94. The zero-order chi connectivity index (χ0) is 10.8. The van der Waals surface area contributed by atoms with Gasteiger partial charge in [0.25, 0.3) is 0 Å². The number of rotatable bonds is 1. The first-order valence-electron chi connectivity index (χ1n) is 4.42. The molecule has 15 heavy (non-hydrogen) atoms. The Balaban J connectivity index is 2.67. The molecule has 0 radical (unpaired) electrons. The largest absolute Gasteiger partial charge is 0.238 e. The predicted octanol–water partition coefficient (Wildman–Crippen LogP) is 2.71. The molecule has 0 aliphatic heterocycles. The summed E-state index contributed by atoms with van der Waals surface area (Å²) in [6, 6.07) is 7.69. The number of hydrogen-bond acceptors (Lipinski definition) is 2. The number of hydrogen-bond donors (Lipinski definition) is 0. The Morgan fingerprint density at radius 3 is 2.87 bits per heavy atom. The maximum absolute atomic E-state index is 8.99. The number of aryl methyl sites for hydroxylation is 1. The summed E-state index contributed by atoms with van der Waals surface area (Å²) >= 11 is 5.79. The van der Waals surface area contributed by atoms with E-state index >= 15 is 0 Å². The molecule has 3 nitrogen and oxygen atoms in total. The smallest absolute Gasteiger partial charge is 0.101 e. The number of halogens is 1. The van der Waals surface area contributed by atoms with Gasteiger partial charge in [0.05, 0.1) is 22.5 Å². The molecule has 0 aliphatic rings. The summed E-state index contributed by atoms with van der Waals surface area (Å²) < 4.78 is 1.62. The second kappa shape index (κ2) is 3.76. The highest BCUT2D eigenvalue weighted by Crippen LogP contribution is 2.19. The van der Waals surface area contributed by atoms with Crippen molar-refractivity contribution in [1.82, 2.24) is 9.78 Å². The highest BCUT2D eigenvalue weighted by molar-refractivity contribution is 6.30. The van der Waals surface area contributed by atoms with Gasteiger partial charge in [-0.1, -0.05) is 23.7 Å². The van der Waals surface area contributed by atoms with Gasteiger partial charge in [0.1, 0.15) is 6.07 Å². The van der Waals surface area contributed by atoms with E-state index in [-0.39, 0.29) is 0 Å². The van der Waals surface area contributed by atoms with Crippen LogP contribution in [-0.4, -0.2) is 9.78 Å². The zero-order valence-corrected chi connectivity index (χ0v) is 8.86. The molecule has 2 rings (SSSR count). The number of nitriles is 1. The van der Waals surface area contributed by atoms with Crippen LogP contribution in [0.4, 0.5) is 0 Å². The lowest BCUT2D eigenvalue weighted by Crippen LogP contribution is -2.00. The van der Waals surface area contributed by atoms with Crippen LogP contribution < -0.4 is 0 Å². The topological polar surface area (TPSA) is 41.6 Å². The van der Waals surface area contributed by atoms with Gasteiger partial charge in [-0.15, -0.1) is 0 Å². The van der Waals surface area contributed by atoms with Crippen molar-refractivity contribution in [3.63, 3.8) is 0 Å². The fourth-order valence-electron chi connectivity index (χ4n) is 1.48. The van der Waals surface area contributed by atoms with Crippen LogP contribution in [0.1, 0.15) is 11.1 Å². The van der Waals surface area contributed by atoms with Gasteiger partial charge in [0.15, 0.2) is 0 Å². The van der Waals surface area contributed by atoms with Crippen molar-refractivity contribution < 1.29 is 0 Å². The first-order valence-corrected chi connectivity index (χ1v) is 4.80. The van der Waals surface area contributed by atoms with Crippen LogP contribution in [0.15, 0.2) is 30.6 Å². The zero-order valence-electron chi connectivity index (χ0n) is 8.11. The second-order valence-electron chi connectivity index (χ2n) is 3.19. The van der Waals surface area contributed by atoms with E-state index in [2.05, 4.69) is 11.2 Å². The van der Waals surface area contributed by atoms with Crippen LogP contribution in [0.3, 0.4) is 0 Å². The minimum Gasteiger partial charge on any atom is -0.238 e. The molecular weight excluding hydrogens is 210 g/mol. The van der Waals surface area contributed by atoms with Gasteiger partial charge >= 0.3 is 0 Å². The number of nitrogens with zero attached hydrogens (tertiary/aromatic N) is 3. The van der Waals surface area contributed by atoms with E-state index in [0.717, 1.165) is 11.3 Å². The Morgan fingerprint density at radius 2 is 2.27 bits per heavy atom. The highest BCUT2D eigenvalue weighted by atomic mass is 35.5. The van der Waals surface area contributed by atoms with Crippen molar-refractivity contribution in [3.8, 4) is 11.8 Å². The normalized spacial score (nSPS) is 9.93. The van der Waals surface area contributed by atoms with E-state index in [1.54, 1.807) is 23.1 Å². The van der Waals surface area contributed by atoms with E-state index < -0.39 is 0 Å². The first-order chi connectivity index (χ1) is 7.22. The molecule has 4 heteroatoms. The third-order valence-electron chi connectivity index (χ3n) is 2.14. The average Bonchev–Trinajstić information content (AvgIpc) is 2.64. The Kier molecular flexibility index (Phi) is 2.44. The van der Waals surface area contributed by atoms with Crippen LogP contribution in [0.2, 0.25) is 5.02 Å². The molecular formula is C11H8ClN3. The SMILES string of the molecule is Cc1cccc(C#N)c1-n1cc(Cl)cn1. The first kappa shape index (κ1) is 9.75. The van der Waals surface area contributed by atoms with Crippen LogP contribution in [0.25, 0.3) is 5.69 Å². The molecule has 0 fully saturated rings. The maximum atomic E-state index is 8.99. The van der Waals surface area contributed by atoms with Gasteiger partial charge < -0.3 is 0 Å². The van der Waals surface area contributed by atoms with E-state index in [1.807, 2.05) is 19.1 Å². The fourth-order valence-corrected chi connectivity index (χ4v) is 1.61. The fraction of sp³-hybridized carbons (Fsp3) is 0.0909. The van der Waals surface area contributed by atoms with Crippen molar-refractivity contribution in [2.24, 2.45) is 0 Å². The van der Waals surface area contributed by atoms with Gasteiger partial charge in [-0.05, 0) is 18.6 Å². The van der Waals surface area contributed by atoms with Crippen molar-refractivity contribution in [1.29, 1.82) is 5.26 Å². The number of benzene rings is 1. The van der Waals surface area contributed by atoms with Gasteiger partial charge in [0.2, 0.25) is 0 Å². The minimum atomic E-state index is 0.558. The van der Waals surface area contributed by atoms with Gasteiger partial charge in [0, 0.05) is 6.20 Å². The Morgan fingerprint density at radius 1 is 1.47 bits per heavy atom. The monoisotopic (exact) mass is 217 g/mol. The summed E-state index contributed by atoms with van der Waals surface area (Å²) in [6.07, 6.45) is 3.24. The van der Waals surface area contributed by atoms with Crippen LogP contribution in [-0.2, 0) is 0 Å². The molecule has 0 spiro atoms. The molecule has 2 aromatic rings. The molecule has 0 amide bonds. The summed E-state index contributed by atoms with van der Waals surface area (Å²) in [5.74, 6) is 0. The lowest BCUT2D eigenvalue weighted by Gasteiger charge is -2.06. The Labute approximate surface area is 92.5 Å². The summed E-state index contributed by atoms with van der Waals surface area (Å²) in [5, 5.41) is 13.6. The van der Waals surface area contributed by atoms with Crippen LogP contribution in [0, 0.1) is 18.3 Å². The molecule has 1 aromatic carbocycles. The molecule has 0 N–H and O–H groups in total. The molecule has 0 aliphatic carbocycles. The third-order valence-corrected chi connectivity index (χ3v) is 2.33. The third kappa shape index (κ3) is 1.72. The van der Waals surface area contributed by atoms with E-state index in [1.165, 1.54) is 0 Å². The van der Waals surface area contributed by atoms with Crippen molar-refractivity contribution in [3.05, 3.63) is 46.7 Å². The van der Waals surface area contributed by atoms with Crippen LogP contribution in [0.5, 0.6) is 0 Å². The van der Waals surface area contributed by atoms with Gasteiger partial charge in [-0.25, -0.2) is 4.68 Å². The van der Waals surface area contributed by atoms with Crippen molar-refractivity contribution >= 4 is 11.6 Å². The molecule has 0 atom stereocenters. The summed E-state index contributed by atoms with van der Waals surface area (Å²) in [5.41, 5.74) is 2.37. The summed E-state index contributed by atoms with van der Waals surface area (Å²) in [7, 11) is 0. The molecule has 0 saturated carbocycles. The predicted molar refractivity (Wildman–Crippen MR) is 58.0 cm³/mol. The lowest BCUT2D eigenvalue weighted by molar-refractivity contribution is 0.869. The Bertz CT molecular complexity index is 537. The molecule has 1 heterocycles. The standard InChI is InChI=1S/C11H8ClN3/c1-8-3-2-4-9(5-13)11(8)15-7-10(12)6-14-15/h2-4,6-7H,1H3. The second-order valence-corrected chi connectivity index (χ2v) is 3.62. The maximum Gasteiger partial charge on any atom is 0.101 e. The quantitative estimate of drug-likeness (QED) is 0.737. The number of aromatic nitrogens is 2. The van der Waals surface area contributed by atoms with E-state index in [9.17, 15) is 0 Å². The highest BCUT2D eigenvalue weighted by Gasteiger charge is 2.08. The van der Waals surface area contributed by atoms with Gasteiger partial charge in [-0.2, -0.15) is 10.4 Å². The molecule has 74 valence electrons. The molecule has 0 bridgehead atoms. The lowest BCUT2D eigenvalue weighted by atomic mass is 10.1. The molecule has 0 unspecified atom stereocenters.